The molecular formula is C17H19FN2O2. The van der Waals surface area contributed by atoms with Crippen LogP contribution in [0.25, 0.3) is 10.9 Å². The van der Waals surface area contributed by atoms with Gasteiger partial charge in [0.1, 0.15) is 5.82 Å². The van der Waals surface area contributed by atoms with Crippen molar-refractivity contribution in [1.29, 1.82) is 0 Å². The van der Waals surface area contributed by atoms with E-state index in [0.717, 1.165) is 19.3 Å². The van der Waals surface area contributed by atoms with Crippen molar-refractivity contribution in [3.8, 4) is 0 Å². The zero-order valence-corrected chi connectivity index (χ0v) is 12.5. The van der Waals surface area contributed by atoms with Gasteiger partial charge in [0, 0.05) is 17.1 Å². The summed E-state index contributed by atoms with van der Waals surface area (Å²) in [5.41, 5.74) is 1.60. The standard InChI is InChI=1S/C17H19FN2O2/c1-10-8-13(12-7-6-11(18)9-15(12)19-10)17(22)20-14-4-2-3-5-16(14)21/h6-9,14,16,21H,2-5H2,1H3,(H,20,22). The third-order valence-corrected chi connectivity index (χ3v) is 4.19. The van der Waals surface area contributed by atoms with Crippen LogP contribution in [0.3, 0.4) is 0 Å². The number of fused-ring (bicyclic) bond motifs is 1. The fourth-order valence-electron chi connectivity index (χ4n) is 3.05. The quantitative estimate of drug-likeness (QED) is 0.896. The first-order chi connectivity index (χ1) is 10.5. The number of aryl methyl sites for hydroxylation is 1. The summed E-state index contributed by atoms with van der Waals surface area (Å²) in [6.45, 7) is 1.77. The Morgan fingerprint density at radius 2 is 2.09 bits per heavy atom. The van der Waals surface area contributed by atoms with Gasteiger partial charge in [0.2, 0.25) is 0 Å². The molecule has 2 aromatic rings. The first-order valence-corrected chi connectivity index (χ1v) is 7.60. The number of aliphatic hydroxyl groups excluding tert-OH is 1. The highest BCUT2D eigenvalue weighted by molar-refractivity contribution is 6.06. The minimum atomic E-state index is -0.496. The van der Waals surface area contributed by atoms with Crippen LogP contribution in [0, 0.1) is 12.7 Å². The smallest absolute Gasteiger partial charge is 0.252 e. The van der Waals surface area contributed by atoms with Crippen molar-refractivity contribution in [1.82, 2.24) is 10.3 Å². The Labute approximate surface area is 128 Å². The van der Waals surface area contributed by atoms with Gasteiger partial charge in [-0.05, 0) is 38.0 Å². The van der Waals surface area contributed by atoms with Gasteiger partial charge >= 0.3 is 0 Å². The molecule has 2 unspecified atom stereocenters. The molecule has 1 amide bonds. The Balaban J connectivity index is 1.93. The fourth-order valence-corrected chi connectivity index (χ4v) is 3.05. The zero-order valence-electron chi connectivity index (χ0n) is 12.5. The van der Waals surface area contributed by atoms with E-state index < -0.39 is 6.10 Å². The Morgan fingerprint density at radius 3 is 2.86 bits per heavy atom. The predicted molar refractivity (Wildman–Crippen MR) is 82.2 cm³/mol. The van der Waals surface area contributed by atoms with E-state index in [-0.39, 0.29) is 17.8 Å². The lowest BCUT2D eigenvalue weighted by Gasteiger charge is -2.28. The van der Waals surface area contributed by atoms with Crippen LogP contribution < -0.4 is 5.32 Å². The zero-order chi connectivity index (χ0) is 15.7. The Hall–Kier alpha value is -2.01. The minimum absolute atomic E-state index is 0.217. The van der Waals surface area contributed by atoms with Gasteiger partial charge in [-0.2, -0.15) is 0 Å². The lowest BCUT2D eigenvalue weighted by atomic mass is 9.92. The van der Waals surface area contributed by atoms with Gasteiger partial charge < -0.3 is 10.4 Å². The highest BCUT2D eigenvalue weighted by atomic mass is 19.1. The van der Waals surface area contributed by atoms with Crippen LogP contribution in [-0.4, -0.2) is 28.1 Å². The van der Waals surface area contributed by atoms with Crippen molar-refractivity contribution < 1.29 is 14.3 Å². The molecule has 1 aliphatic rings. The van der Waals surface area contributed by atoms with Gasteiger partial charge in [0.05, 0.1) is 23.2 Å². The first-order valence-electron chi connectivity index (χ1n) is 7.60. The molecule has 0 bridgehead atoms. The molecule has 0 saturated heterocycles. The van der Waals surface area contributed by atoms with Crippen molar-refractivity contribution >= 4 is 16.8 Å². The fraction of sp³-hybridized carbons (Fsp3) is 0.412. The van der Waals surface area contributed by atoms with E-state index in [4.69, 9.17) is 0 Å². The molecule has 1 aliphatic carbocycles. The van der Waals surface area contributed by atoms with E-state index in [0.29, 0.717) is 28.6 Å². The number of halogens is 1. The van der Waals surface area contributed by atoms with Crippen LogP contribution in [0.15, 0.2) is 24.3 Å². The van der Waals surface area contributed by atoms with Crippen LogP contribution in [0.1, 0.15) is 41.7 Å². The first kappa shape index (κ1) is 14.9. The van der Waals surface area contributed by atoms with Crippen LogP contribution in [0.2, 0.25) is 0 Å². The SMILES string of the molecule is Cc1cc(C(=O)NC2CCCCC2O)c2ccc(F)cc2n1. The number of rotatable bonds is 2. The predicted octanol–water partition coefficient (Wildman–Crippen LogP) is 2.72. The second-order valence-corrected chi connectivity index (χ2v) is 5.90. The van der Waals surface area contributed by atoms with E-state index >= 15 is 0 Å². The lowest BCUT2D eigenvalue weighted by Crippen LogP contribution is -2.45. The number of pyridine rings is 1. The monoisotopic (exact) mass is 302 g/mol. The topological polar surface area (TPSA) is 62.2 Å². The normalized spacial score (nSPS) is 21.8. The summed E-state index contributed by atoms with van der Waals surface area (Å²) < 4.78 is 13.4. The molecule has 0 spiro atoms. The van der Waals surface area contributed by atoms with Gasteiger partial charge in [-0.25, -0.2) is 4.39 Å². The number of amides is 1. The molecule has 0 aliphatic heterocycles. The number of benzene rings is 1. The average Bonchev–Trinajstić information content (AvgIpc) is 2.48. The number of aliphatic hydroxyl groups is 1. The van der Waals surface area contributed by atoms with Crippen molar-refractivity contribution in [2.75, 3.05) is 0 Å². The number of aromatic nitrogens is 1. The van der Waals surface area contributed by atoms with Crippen LogP contribution in [0.4, 0.5) is 4.39 Å². The summed E-state index contributed by atoms with van der Waals surface area (Å²) in [5, 5.41) is 13.5. The highest BCUT2D eigenvalue weighted by Gasteiger charge is 2.25. The number of nitrogens with zero attached hydrogens (tertiary/aromatic N) is 1. The Bertz CT molecular complexity index is 712. The number of nitrogens with one attached hydrogen (secondary N) is 1. The molecule has 3 rings (SSSR count). The maximum absolute atomic E-state index is 13.4. The summed E-state index contributed by atoms with van der Waals surface area (Å²) in [6.07, 6.45) is 2.99. The van der Waals surface area contributed by atoms with Gasteiger partial charge in [0.25, 0.3) is 5.91 Å². The molecule has 4 nitrogen and oxygen atoms in total. The third kappa shape index (κ3) is 2.95. The molecule has 1 fully saturated rings. The molecule has 116 valence electrons. The summed E-state index contributed by atoms with van der Waals surface area (Å²) in [6, 6.07) is 5.71. The van der Waals surface area contributed by atoms with Gasteiger partial charge in [-0.1, -0.05) is 12.8 Å². The maximum Gasteiger partial charge on any atom is 0.252 e. The Morgan fingerprint density at radius 1 is 1.32 bits per heavy atom. The number of hydrogen-bond donors (Lipinski definition) is 2. The molecule has 1 saturated carbocycles. The Kier molecular flexibility index (Phi) is 4.07. The summed E-state index contributed by atoms with van der Waals surface area (Å²) in [4.78, 5) is 16.8. The van der Waals surface area contributed by atoms with Gasteiger partial charge in [-0.15, -0.1) is 0 Å². The van der Waals surface area contributed by atoms with Crippen molar-refractivity contribution in [3.05, 3.63) is 41.3 Å². The maximum atomic E-state index is 13.4. The number of carbonyl (C=O) groups is 1. The van der Waals surface area contributed by atoms with Crippen LogP contribution >= 0.6 is 0 Å². The largest absolute Gasteiger partial charge is 0.391 e. The van der Waals surface area contributed by atoms with Crippen LogP contribution in [-0.2, 0) is 0 Å². The van der Waals surface area contributed by atoms with E-state index in [9.17, 15) is 14.3 Å². The third-order valence-electron chi connectivity index (χ3n) is 4.19. The molecule has 2 N–H and O–H groups in total. The van der Waals surface area contributed by atoms with Crippen molar-refractivity contribution in [2.45, 2.75) is 44.8 Å². The van der Waals surface area contributed by atoms with Crippen molar-refractivity contribution in [3.63, 3.8) is 0 Å². The number of hydrogen-bond acceptors (Lipinski definition) is 3. The van der Waals surface area contributed by atoms with Crippen LogP contribution in [0.5, 0.6) is 0 Å². The molecule has 1 aromatic heterocycles. The van der Waals surface area contributed by atoms with Gasteiger partial charge in [0.15, 0.2) is 0 Å². The summed E-state index contributed by atoms with van der Waals surface area (Å²) in [5.74, 6) is -0.618. The molecule has 1 aromatic carbocycles. The van der Waals surface area contributed by atoms with E-state index in [2.05, 4.69) is 10.3 Å². The van der Waals surface area contributed by atoms with Gasteiger partial charge in [-0.3, -0.25) is 9.78 Å². The minimum Gasteiger partial charge on any atom is -0.391 e. The molecular weight excluding hydrogens is 283 g/mol. The summed E-state index contributed by atoms with van der Waals surface area (Å²) >= 11 is 0. The van der Waals surface area contributed by atoms with E-state index in [1.807, 2.05) is 0 Å². The summed E-state index contributed by atoms with van der Waals surface area (Å²) in [7, 11) is 0. The molecule has 2 atom stereocenters. The van der Waals surface area contributed by atoms with Crippen molar-refractivity contribution in [2.24, 2.45) is 0 Å². The molecule has 1 heterocycles. The average molecular weight is 302 g/mol. The molecule has 0 radical (unpaired) electrons. The highest BCUT2D eigenvalue weighted by Crippen LogP contribution is 2.22. The number of carbonyl (C=O) groups excluding carboxylic acids is 1. The molecule has 22 heavy (non-hydrogen) atoms. The second kappa shape index (κ2) is 6.01. The second-order valence-electron chi connectivity index (χ2n) is 5.90. The molecule has 5 heteroatoms. The van der Waals surface area contributed by atoms with E-state index in [1.54, 1.807) is 19.1 Å². The van der Waals surface area contributed by atoms with E-state index in [1.165, 1.54) is 12.1 Å². The lowest BCUT2D eigenvalue weighted by molar-refractivity contribution is 0.0718.